The molecule has 0 spiro atoms. The molecule has 0 aromatic heterocycles. The maximum Gasteiger partial charge on any atom is 0.120 e. The van der Waals surface area contributed by atoms with Gasteiger partial charge in [-0.3, -0.25) is 0 Å². The lowest BCUT2D eigenvalue weighted by atomic mass is 9.87. The summed E-state index contributed by atoms with van der Waals surface area (Å²) in [5, 5.41) is 3.39. The first kappa shape index (κ1) is 13.4. The summed E-state index contributed by atoms with van der Waals surface area (Å²) in [6, 6.07) is 6.92. The third-order valence-corrected chi connectivity index (χ3v) is 3.52. The zero-order valence-corrected chi connectivity index (χ0v) is 11.5. The summed E-state index contributed by atoms with van der Waals surface area (Å²) in [4.78, 5) is 0. The van der Waals surface area contributed by atoms with Gasteiger partial charge in [-0.05, 0) is 56.5 Å². The number of hydrogen-bond donors (Lipinski definition) is 1. The zero-order valence-electron chi connectivity index (χ0n) is 11.5. The number of nitrogens with one attached hydrogen (secondary N) is 1. The van der Waals surface area contributed by atoms with Gasteiger partial charge in [-0.15, -0.1) is 0 Å². The molecular weight excluding hydrogens is 226 g/mol. The summed E-state index contributed by atoms with van der Waals surface area (Å²) < 4.78 is 11.0. The molecule has 2 atom stereocenters. The summed E-state index contributed by atoms with van der Waals surface area (Å²) >= 11 is 0. The van der Waals surface area contributed by atoms with Crippen molar-refractivity contribution in [2.75, 3.05) is 20.8 Å². The standard InChI is InChI=1S/C15H23NO2/c1-11(10-17-3)18-13-8-7-12-5-4-6-15(16-2)14(12)9-13/h7-9,11,15-16H,4-6,10H2,1-3H3. The molecule has 0 heterocycles. The van der Waals surface area contributed by atoms with Crippen molar-refractivity contribution in [2.45, 2.75) is 38.3 Å². The Morgan fingerprint density at radius 3 is 3.00 bits per heavy atom. The lowest BCUT2D eigenvalue weighted by Gasteiger charge is -2.26. The van der Waals surface area contributed by atoms with E-state index >= 15 is 0 Å². The fourth-order valence-electron chi connectivity index (χ4n) is 2.65. The molecule has 0 saturated carbocycles. The van der Waals surface area contributed by atoms with E-state index in [0.29, 0.717) is 12.6 Å². The molecule has 1 aromatic rings. The van der Waals surface area contributed by atoms with Gasteiger partial charge >= 0.3 is 0 Å². The summed E-state index contributed by atoms with van der Waals surface area (Å²) in [6.07, 6.45) is 3.74. The fourth-order valence-corrected chi connectivity index (χ4v) is 2.65. The Morgan fingerprint density at radius 2 is 2.28 bits per heavy atom. The van der Waals surface area contributed by atoms with E-state index in [2.05, 4.69) is 23.5 Å². The smallest absolute Gasteiger partial charge is 0.120 e. The topological polar surface area (TPSA) is 30.5 Å². The predicted octanol–water partition coefficient (Wildman–Crippen LogP) is 2.70. The maximum absolute atomic E-state index is 5.86. The fraction of sp³-hybridized carbons (Fsp3) is 0.600. The second-order valence-electron chi connectivity index (χ2n) is 4.98. The lowest BCUT2D eigenvalue weighted by Crippen LogP contribution is -2.22. The van der Waals surface area contributed by atoms with Gasteiger partial charge in [0.15, 0.2) is 0 Å². The number of methoxy groups -OCH3 is 1. The molecule has 3 nitrogen and oxygen atoms in total. The zero-order chi connectivity index (χ0) is 13.0. The highest BCUT2D eigenvalue weighted by Crippen LogP contribution is 2.32. The molecule has 100 valence electrons. The van der Waals surface area contributed by atoms with Crippen LogP contribution in [0.1, 0.15) is 36.9 Å². The maximum atomic E-state index is 5.86. The van der Waals surface area contributed by atoms with E-state index in [-0.39, 0.29) is 6.10 Å². The minimum absolute atomic E-state index is 0.0877. The van der Waals surface area contributed by atoms with Crippen LogP contribution in [-0.4, -0.2) is 26.9 Å². The van der Waals surface area contributed by atoms with Crippen molar-refractivity contribution < 1.29 is 9.47 Å². The highest BCUT2D eigenvalue weighted by molar-refractivity contribution is 5.39. The average Bonchev–Trinajstić information content (AvgIpc) is 2.38. The summed E-state index contributed by atoms with van der Waals surface area (Å²) in [5.74, 6) is 0.945. The van der Waals surface area contributed by atoms with Crippen LogP contribution in [0.3, 0.4) is 0 Å². The van der Waals surface area contributed by atoms with Crippen LogP contribution < -0.4 is 10.1 Å². The molecule has 18 heavy (non-hydrogen) atoms. The predicted molar refractivity (Wildman–Crippen MR) is 73.1 cm³/mol. The first-order chi connectivity index (χ1) is 8.74. The van der Waals surface area contributed by atoms with Crippen LogP contribution >= 0.6 is 0 Å². The van der Waals surface area contributed by atoms with Crippen molar-refractivity contribution in [1.29, 1.82) is 0 Å². The molecule has 3 heteroatoms. The molecule has 1 aromatic carbocycles. The van der Waals surface area contributed by atoms with E-state index in [1.807, 2.05) is 14.0 Å². The highest BCUT2D eigenvalue weighted by atomic mass is 16.5. The number of benzene rings is 1. The molecule has 0 saturated heterocycles. The Morgan fingerprint density at radius 1 is 1.44 bits per heavy atom. The summed E-state index contributed by atoms with van der Waals surface area (Å²) in [6.45, 7) is 2.64. The largest absolute Gasteiger partial charge is 0.488 e. The van der Waals surface area contributed by atoms with Gasteiger partial charge in [0, 0.05) is 13.2 Å². The van der Waals surface area contributed by atoms with E-state index in [0.717, 1.165) is 5.75 Å². The number of fused-ring (bicyclic) bond motifs is 1. The second kappa shape index (κ2) is 6.21. The third kappa shape index (κ3) is 3.03. The normalized spacial score (nSPS) is 20.3. The van der Waals surface area contributed by atoms with Crippen LogP contribution in [0.25, 0.3) is 0 Å². The average molecular weight is 249 g/mol. The minimum Gasteiger partial charge on any atom is -0.488 e. The van der Waals surface area contributed by atoms with Crippen molar-refractivity contribution in [1.82, 2.24) is 5.32 Å². The molecule has 1 aliphatic carbocycles. The SMILES string of the molecule is CNC1CCCc2ccc(OC(C)COC)cc21. The number of ether oxygens (including phenoxy) is 2. The van der Waals surface area contributed by atoms with Crippen molar-refractivity contribution in [3.8, 4) is 5.75 Å². The van der Waals surface area contributed by atoms with Crippen LogP contribution in [0.4, 0.5) is 0 Å². The number of hydrogen-bond acceptors (Lipinski definition) is 3. The van der Waals surface area contributed by atoms with Gasteiger partial charge in [-0.25, -0.2) is 0 Å². The molecule has 2 rings (SSSR count). The van der Waals surface area contributed by atoms with Crippen molar-refractivity contribution in [3.05, 3.63) is 29.3 Å². The Kier molecular flexibility index (Phi) is 4.61. The summed E-state index contributed by atoms with van der Waals surface area (Å²) in [5.41, 5.74) is 2.85. The van der Waals surface area contributed by atoms with Crippen LogP contribution in [0, 0.1) is 0 Å². The molecule has 0 amide bonds. The molecule has 0 aliphatic heterocycles. The Hall–Kier alpha value is -1.06. The first-order valence-corrected chi connectivity index (χ1v) is 6.70. The van der Waals surface area contributed by atoms with Gasteiger partial charge in [-0.2, -0.15) is 0 Å². The van der Waals surface area contributed by atoms with E-state index in [9.17, 15) is 0 Å². The Balaban J connectivity index is 2.14. The third-order valence-electron chi connectivity index (χ3n) is 3.52. The molecule has 0 radical (unpaired) electrons. The van der Waals surface area contributed by atoms with Crippen molar-refractivity contribution in [2.24, 2.45) is 0 Å². The van der Waals surface area contributed by atoms with Gasteiger partial charge in [0.05, 0.1) is 6.61 Å². The van der Waals surface area contributed by atoms with Crippen molar-refractivity contribution in [3.63, 3.8) is 0 Å². The van der Waals surface area contributed by atoms with Crippen LogP contribution in [0.15, 0.2) is 18.2 Å². The number of aryl methyl sites for hydroxylation is 1. The van der Waals surface area contributed by atoms with Crippen LogP contribution in [0.5, 0.6) is 5.75 Å². The van der Waals surface area contributed by atoms with Crippen LogP contribution in [0.2, 0.25) is 0 Å². The van der Waals surface area contributed by atoms with Gasteiger partial charge in [0.2, 0.25) is 0 Å². The van der Waals surface area contributed by atoms with E-state index < -0.39 is 0 Å². The quantitative estimate of drug-likeness (QED) is 0.870. The molecule has 2 unspecified atom stereocenters. The highest BCUT2D eigenvalue weighted by Gasteiger charge is 2.19. The van der Waals surface area contributed by atoms with Crippen LogP contribution in [-0.2, 0) is 11.2 Å². The summed E-state index contributed by atoms with van der Waals surface area (Å²) in [7, 11) is 3.73. The molecule has 0 bridgehead atoms. The van der Waals surface area contributed by atoms with E-state index in [1.54, 1.807) is 7.11 Å². The van der Waals surface area contributed by atoms with Gasteiger partial charge in [0.25, 0.3) is 0 Å². The number of rotatable bonds is 5. The Labute approximate surface area is 109 Å². The van der Waals surface area contributed by atoms with Crippen molar-refractivity contribution >= 4 is 0 Å². The second-order valence-corrected chi connectivity index (χ2v) is 4.98. The molecule has 1 N–H and O–H groups in total. The van der Waals surface area contributed by atoms with E-state index in [1.165, 1.54) is 30.4 Å². The first-order valence-electron chi connectivity index (χ1n) is 6.70. The van der Waals surface area contributed by atoms with Gasteiger partial charge in [-0.1, -0.05) is 6.07 Å². The monoisotopic (exact) mass is 249 g/mol. The molecular formula is C15H23NO2. The lowest BCUT2D eigenvalue weighted by molar-refractivity contribution is 0.0919. The molecule has 1 aliphatic rings. The molecule has 0 fully saturated rings. The van der Waals surface area contributed by atoms with Gasteiger partial charge in [0.1, 0.15) is 11.9 Å². The Bertz CT molecular complexity index is 392. The van der Waals surface area contributed by atoms with E-state index in [4.69, 9.17) is 9.47 Å². The minimum atomic E-state index is 0.0877. The van der Waals surface area contributed by atoms with Gasteiger partial charge < -0.3 is 14.8 Å².